The Morgan fingerprint density at radius 2 is 2.28 bits per heavy atom. The summed E-state index contributed by atoms with van der Waals surface area (Å²) in [6.07, 6.45) is 4.41. The molecule has 8 heteroatoms. The molecule has 1 atom stereocenters. The molecule has 3 heterocycles. The average Bonchev–Trinajstić information content (AvgIpc) is 2.92. The number of anilines is 1. The van der Waals surface area contributed by atoms with Crippen LogP contribution in [0.5, 0.6) is 0 Å². The highest BCUT2D eigenvalue weighted by molar-refractivity contribution is 7.92. The molecular weight excluding hydrogens is 254 g/mol. The molecule has 2 aromatic heterocycles. The Morgan fingerprint density at radius 3 is 3.06 bits per heavy atom. The molecule has 0 bridgehead atoms. The van der Waals surface area contributed by atoms with Crippen LogP contribution in [0.1, 0.15) is 12.8 Å². The van der Waals surface area contributed by atoms with E-state index in [0.717, 1.165) is 6.42 Å². The van der Waals surface area contributed by atoms with Crippen LogP contribution in [0, 0.1) is 0 Å². The second-order valence-corrected chi connectivity index (χ2v) is 6.74. The van der Waals surface area contributed by atoms with Crippen LogP contribution in [0.4, 0.5) is 5.82 Å². The van der Waals surface area contributed by atoms with Crippen LogP contribution in [0.3, 0.4) is 0 Å². The monoisotopic (exact) mass is 267 g/mol. The van der Waals surface area contributed by atoms with Crippen molar-refractivity contribution < 1.29 is 8.42 Å². The van der Waals surface area contributed by atoms with Crippen molar-refractivity contribution in [3.8, 4) is 0 Å². The fourth-order valence-electron chi connectivity index (χ4n) is 2.20. The molecule has 1 fully saturated rings. The maximum absolute atomic E-state index is 11.7. The summed E-state index contributed by atoms with van der Waals surface area (Å²) in [6.45, 7) is 0.382. The van der Waals surface area contributed by atoms with E-state index in [9.17, 15) is 8.42 Å². The normalized spacial score (nSPS) is 22.3. The van der Waals surface area contributed by atoms with E-state index in [-0.39, 0.29) is 5.25 Å². The zero-order valence-electron chi connectivity index (χ0n) is 9.63. The number of aromatic amines is 1. The lowest BCUT2D eigenvalue weighted by molar-refractivity contribution is 0.591. The minimum absolute atomic E-state index is 0.294. The van der Waals surface area contributed by atoms with Crippen molar-refractivity contribution in [1.82, 2.24) is 19.9 Å². The van der Waals surface area contributed by atoms with Crippen molar-refractivity contribution >= 4 is 26.8 Å². The highest BCUT2D eigenvalue weighted by atomic mass is 32.2. The largest absolute Gasteiger partial charge is 0.367 e. The zero-order chi connectivity index (χ0) is 12.6. The molecule has 0 radical (unpaired) electrons. The highest BCUT2D eigenvalue weighted by Gasteiger charge is 2.31. The Balaban J connectivity index is 1.79. The molecule has 96 valence electrons. The van der Waals surface area contributed by atoms with Crippen molar-refractivity contribution in [2.45, 2.75) is 18.1 Å². The topological polar surface area (TPSA) is 101 Å². The van der Waals surface area contributed by atoms with Gasteiger partial charge in [-0.25, -0.2) is 23.4 Å². The first-order valence-electron chi connectivity index (χ1n) is 5.76. The maximum atomic E-state index is 11.7. The molecule has 0 aliphatic carbocycles. The molecule has 2 aromatic rings. The van der Waals surface area contributed by atoms with Crippen LogP contribution in [-0.4, -0.2) is 45.9 Å². The quantitative estimate of drug-likeness (QED) is 0.831. The molecule has 1 aliphatic heterocycles. The van der Waals surface area contributed by atoms with Crippen LogP contribution < -0.4 is 5.32 Å². The van der Waals surface area contributed by atoms with Crippen LogP contribution >= 0.6 is 0 Å². The summed E-state index contributed by atoms with van der Waals surface area (Å²) in [5.74, 6) is 0.891. The van der Waals surface area contributed by atoms with E-state index >= 15 is 0 Å². The molecule has 3 rings (SSSR count). The summed E-state index contributed by atoms with van der Waals surface area (Å²) in [7, 11) is -2.93. The second kappa shape index (κ2) is 4.20. The first-order chi connectivity index (χ1) is 8.67. The number of aromatic nitrogens is 4. The Bertz CT molecular complexity index is 666. The second-order valence-electron chi connectivity index (χ2n) is 4.34. The van der Waals surface area contributed by atoms with Gasteiger partial charge in [0.25, 0.3) is 0 Å². The third kappa shape index (κ3) is 1.92. The van der Waals surface area contributed by atoms with E-state index in [1.807, 2.05) is 0 Å². The Labute approximate surface area is 104 Å². The van der Waals surface area contributed by atoms with Gasteiger partial charge in [-0.05, 0) is 12.8 Å². The lowest BCUT2D eigenvalue weighted by Crippen LogP contribution is -2.25. The van der Waals surface area contributed by atoms with Crippen LogP contribution in [0.2, 0.25) is 0 Å². The highest BCUT2D eigenvalue weighted by Crippen LogP contribution is 2.21. The fourth-order valence-corrected chi connectivity index (χ4v) is 3.96. The lowest BCUT2D eigenvalue weighted by atomic mass is 10.2. The van der Waals surface area contributed by atoms with Crippen molar-refractivity contribution in [1.29, 1.82) is 0 Å². The molecule has 0 saturated carbocycles. The smallest absolute Gasteiger partial charge is 0.182 e. The van der Waals surface area contributed by atoms with Crippen LogP contribution in [0.15, 0.2) is 12.7 Å². The van der Waals surface area contributed by atoms with Gasteiger partial charge in [-0.2, -0.15) is 0 Å². The summed E-state index contributed by atoms with van der Waals surface area (Å²) in [5.41, 5.74) is 1.27. The number of nitrogens with one attached hydrogen (secondary N) is 2. The van der Waals surface area contributed by atoms with Crippen LogP contribution in [-0.2, 0) is 9.84 Å². The van der Waals surface area contributed by atoms with E-state index in [4.69, 9.17) is 0 Å². The predicted octanol–water partition coefficient (Wildman–Crippen LogP) is 0.342. The summed E-state index contributed by atoms with van der Waals surface area (Å²) in [5, 5.41) is 2.76. The van der Waals surface area contributed by atoms with Crippen molar-refractivity contribution in [3.05, 3.63) is 12.7 Å². The van der Waals surface area contributed by atoms with E-state index < -0.39 is 9.84 Å². The van der Waals surface area contributed by atoms with Crippen LogP contribution in [0.25, 0.3) is 11.2 Å². The number of imidazole rings is 1. The molecule has 7 nitrogen and oxygen atoms in total. The first-order valence-corrected chi connectivity index (χ1v) is 7.48. The summed E-state index contributed by atoms with van der Waals surface area (Å²) >= 11 is 0. The molecule has 18 heavy (non-hydrogen) atoms. The van der Waals surface area contributed by atoms with E-state index in [2.05, 4.69) is 25.3 Å². The van der Waals surface area contributed by atoms with Gasteiger partial charge < -0.3 is 10.3 Å². The number of fused-ring (bicyclic) bond motifs is 1. The lowest BCUT2D eigenvalue weighted by Gasteiger charge is -2.11. The van der Waals surface area contributed by atoms with Gasteiger partial charge in [-0.15, -0.1) is 0 Å². The number of rotatable bonds is 3. The Morgan fingerprint density at radius 1 is 1.39 bits per heavy atom. The van der Waals surface area contributed by atoms with Gasteiger partial charge in [0, 0.05) is 6.54 Å². The molecule has 2 N–H and O–H groups in total. The third-order valence-corrected chi connectivity index (χ3v) is 5.46. The first kappa shape index (κ1) is 11.4. The standard InChI is InChI=1S/C10H13N5O2S/c16-18(17)3-1-2-7(18)4-11-9-8-10(13-5-12-8)15-6-14-9/h5-7H,1-4H2,(H2,11,12,13,14,15). The summed E-state index contributed by atoms with van der Waals surface area (Å²) < 4.78 is 23.4. The minimum atomic E-state index is -2.93. The van der Waals surface area contributed by atoms with Crippen molar-refractivity contribution in [3.63, 3.8) is 0 Å². The SMILES string of the molecule is O=S1(=O)CCCC1CNc1ncnc2nc[nH]c12. The predicted molar refractivity (Wildman–Crippen MR) is 67.0 cm³/mol. The number of hydrogen-bond acceptors (Lipinski definition) is 6. The summed E-state index contributed by atoms with van der Waals surface area (Å²) in [6, 6.07) is 0. The average molecular weight is 267 g/mol. The third-order valence-electron chi connectivity index (χ3n) is 3.18. The van der Waals surface area contributed by atoms with Gasteiger partial charge >= 0.3 is 0 Å². The Kier molecular flexibility index (Phi) is 2.66. The molecule has 0 aromatic carbocycles. The zero-order valence-corrected chi connectivity index (χ0v) is 10.4. The van der Waals surface area contributed by atoms with Gasteiger partial charge in [-0.1, -0.05) is 0 Å². The molecule has 1 saturated heterocycles. The van der Waals surface area contributed by atoms with Gasteiger partial charge in [0.2, 0.25) is 0 Å². The summed E-state index contributed by atoms with van der Waals surface area (Å²) in [4.78, 5) is 15.1. The number of nitrogens with zero attached hydrogens (tertiary/aromatic N) is 3. The van der Waals surface area contributed by atoms with Crippen molar-refractivity contribution in [2.24, 2.45) is 0 Å². The number of hydrogen-bond donors (Lipinski definition) is 2. The Hall–Kier alpha value is -1.70. The van der Waals surface area contributed by atoms with E-state index in [1.165, 1.54) is 12.7 Å². The minimum Gasteiger partial charge on any atom is -0.367 e. The maximum Gasteiger partial charge on any atom is 0.182 e. The van der Waals surface area contributed by atoms with Gasteiger partial charge in [-0.3, -0.25) is 0 Å². The molecular formula is C10H13N5O2S. The van der Waals surface area contributed by atoms with Gasteiger partial charge in [0.1, 0.15) is 11.8 Å². The van der Waals surface area contributed by atoms with E-state index in [0.29, 0.717) is 35.7 Å². The molecule has 1 unspecified atom stereocenters. The number of H-pyrrole nitrogens is 1. The van der Waals surface area contributed by atoms with Crippen molar-refractivity contribution in [2.75, 3.05) is 17.6 Å². The fraction of sp³-hybridized carbons (Fsp3) is 0.500. The van der Waals surface area contributed by atoms with Gasteiger partial charge in [0.15, 0.2) is 21.3 Å². The molecule has 1 aliphatic rings. The van der Waals surface area contributed by atoms with E-state index in [1.54, 1.807) is 0 Å². The van der Waals surface area contributed by atoms with Gasteiger partial charge in [0.05, 0.1) is 17.3 Å². The number of sulfone groups is 1. The molecule has 0 spiro atoms. The molecule has 0 amide bonds.